The number of aromatic nitrogens is 4. The molecule has 1 amide bonds. The molecule has 3 aromatic rings. The number of anilines is 3. The second-order valence-electron chi connectivity index (χ2n) is 6.71. The predicted octanol–water partition coefficient (Wildman–Crippen LogP) is 2.34. The van der Waals surface area contributed by atoms with E-state index in [1.807, 2.05) is 19.0 Å². The molecule has 0 aliphatic carbocycles. The third-order valence-electron chi connectivity index (χ3n) is 4.55. The van der Waals surface area contributed by atoms with Gasteiger partial charge < -0.3 is 15.1 Å². The van der Waals surface area contributed by atoms with E-state index in [0.717, 1.165) is 31.4 Å². The van der Waals surface area contributed by atoms with Gasteiger partial charge in [0.15, 0.2) is 5.82 Å². The summed E-state index contributed by atoms with van der Waals surface area (Å²) < 4.78 is 0. The number of nitrogens with zero attached hydrogens (tertiary/aromatic N) is 6. The Morgan fingerprint density at radius 1 is 1.07 bits per heavy atom. The molecule has 1 fully saturated rings. The minimum atomic E-state index is -0.233. The van der Waals surface area contributed by atoms with Gasteiger partial charge in [-0.3, -0.25) is 14.8 Å². The number of rotatable bonds is 4. The lowest BCUT2D eigenvalue weighted by atomic mass is 10.2. The van der Waals surface area contributed by atoms with Gasteiger partial charge >= 0.3 is 0 Å². The van der Waals surface area contributed by atoms with Crippen molar-refractivity contribution in [2.24, 2.45) is 0 Å². The number of hydrogen-bond acceptors (Lipinski definition) is 7. The summed E-state index contributed by atoms with van der Waals surface area (Å²) in [6.07, 6.45) is 7.23. The van der Waals surface area contributed by atoms with E-state index in [0.29, 0.717) is 28.5 Å². The molecule has 138 valence electrons. The molecule has 1 aliphatic heterocycles. The van der Waals surface area contributed by atoms with Crippen LogP contribution in [0.1, 0.15) is 23.2 Å². The first-order chi connectivity index (χ1) is 13.1. The highest BCUT2D eigenvalue weighted by atomic mass is 16.1. The van der Waals surface area contributed by atoms with Crippen LogP contribution in [-0.4, -0.2) is 53.0 Å². The Labute approximate surface area is 157 Å². The number of fused-ring (bicyclic) bond motifs is 1. The van der Waals surface area contributed by atoms with Crippen molar-refractivity contribution in [3.8, 4) is 0 Å². The topological polar surface area (TPSA) is 87.1 Å². The fraction of sp³-hybridized carbons (Fsp3) is 0.316. The van der Waals surface area contributed by atoms with E-state index in [4.69, 9.17) is 0 Å². The van der Waals surface area contributed by atoms with Crippen molar-refractivity contribution in [2.75, 3.05) is 42.3 Å². The molecular weight excluding hydrogens is 342 g/mol. The van der Waals surface area contributed by atoms with Crippen molar-refractivity contribution in [3.63, 3.8) is 0 Å². The molecule has 1 saturated heterocycles. The molecule has 4 rings (SSSR count). The number of benzene rings is 1. The van der Waals surface area contributed by atoms with Gasteiger partial charge in [0.05, 0.1) is 17.2 Å². The second-order valence-corrected chi connectivity index (χ2v) is 6.71. The standard InChI is InChI=1S/C19H21N7O/c1-25(2)17-16(12-22-19(24-17)26-9-3-4-10-26)23-18(27)13-5-6-14-15(11-13)21-8-7-20-14/h5-8,11-12H,3-4,9-10H2,1-2H3,(H,23,27). The molecule has 0 radical (unpaired) electrons. The summed E-state index contributed by atoms with van der Waals surface area (Å²) >= 11 is 0. The van der Waals surface area contributed by atoms with Crippen LogP contribution in [0.2, 0.25) is 0 Å². The van der Waals surface area contributed by atoms with Gasteiger partial charge in [0.2, 0.25) is 5.95 Å². The molecule has 27 heavy (non-hydrogen) atoms. The van der Waals surface area contributed by atoms with Crippen LogP contribution in [0.4, 0.5) is 17.5 Å². The number of nitrogens with one attached hydrogen (secondary N) is 1. The van der Waals surface area contributed by atoms with Crippen LogP contribution in [-0.2, 0) is 0 Å². The van der Waals surface area contributed by atoms with Crippen LogP contribution in [0.3, 0.4) is 0 Å². The maximum Gasteiger partial charge on any atom is 0.255 e. The molecule has 0 spiro atoms. The zero-order valence-corrected chi connectivity index (χ0v) is 15.4. The van der Waals surface area contributed by atoms with Crippen LogP contribution >= 0.6 is 0 Å². The van der Waals surface area contributed by atoms with Gasteiger partial charge in [-0.1, -0.05) is 0 Å². The van der Waals surface area contributed by atoms with Crippen LogP contribution in [0, 0.1) is 0 Å². The molecule has 1 aromatic carbocycles. The minimum Gasteiger partial charge on any atom is -0.361 e. The lowest BCUT2D eigenvalue weighted by Crippen LogP contribution is -2.23. The van der Waals surface area contributed by atoms with Gasteiger partial charge in [0.25, 0.3) is 5.91 Å². The zero-order chi connectivity index (χ0) is 18.8. The second kappa shape index (κ2) is 7.14. The van der Waals surface area contributed by atoms with Crippen LogP contribution in [0.25, 0.3) is 11.0 Å². The highest BCUT2D eigenvalue weighted by molar-refractivity contribution is 6.07. The Balaban J connectivity index is 1.61. The summed E-state index contributed by atoms with van der Waals surface area (Å²) in [6.45, 7) is 1.94. The molecule has 0 atom stereocenters. The predicted molar refractivity (Wildman–Crippen MR) is 105 cm³/mol. The van der Waals surface area contributed by atoms with Crippen LogP contribution in [0.5, 0.6) is 0 Å². The fourth-order valence-corrected chi connectivity index (χ4v) is 3.16. The normalized spacial score (nSPS) is 13.8. The first kappa shape index (κ1) is 17.1. The van der Waals surface area contributed by atoms with E-state index in [1.165, 1.54) is 0 Å². The Morgan fingerprint density at radius 2 is 1.81 bits per heavy atom. The number of carbonyl (C=O) groups excluding carboxylic acids is 1. The molecule has 1 aliphatic rings. The van der Waals surface area contributed by atoms with Crippen molar-refractivity contribution in [2.45, 2.75) is 12.8 Å². The molecule has 0 unspecified atom stereocenters. The van der Waals surface area contributed by atoms with E-state index < -0.39 is 0 Å². The van der Waals surface area contributed by atoms with E-state index in [2.05, 4.69) is 30.2 Å². The maximum absolute atomic E-state index is 12.7. The van der Waals surface area contributed by atoms with Crippen molar-refractivity contribution in [1.82, 2.24) is 19.9 Å². The van der Waals surface area contributed by atoms with Gasteiger partial charge in [-0.25, -0.2) is 4.98 Å². The van der Waals surface area contributed by atoms with E-state index >= 15 is 0 Å². The largest absolute Gasteiger partial charge is 0.361 e. The average Bonchev–Trinajstić information content (AvgIpc) is 3.22. The van der Waals surface area contributed by atoms with Crippen molar-refractivity contribution in [1.29, 1.82) is 0 Å². The number of amides is 1. The summed E-state index contributed by atoms with van der Waals surface area (Å²) in [5.74, 6) is 1.15. The average molecular weight is 363 g/mol. The summed E-state index contributed by atoms with van der Waals surface area (Å²) in [7, 11) is 3.80. The van der Waals surface area contributed by atoms with Crippen molar-refractivity contribution in [3.05, 3.63) is 42.4 Å². The quantitative estimate of drug-likeness (QED) is 0.761. The van der Waals surface area contributed by atoms with Gasteiger partial charge in [0, 0.05) is 45.1 Å². The molecule has 8 nitrogen and oxygen atoms in total. The Hall–Kier alpha value is -3.29. The van der Waals surface area contributed by atoms with E-state index in [-0.39, 0.29) is 5.91 Å². The van der Waals surface area contributed by atoms with Crippen LogP contribution < -0.4 is 15.1 Å². The molecule has 0 saturated carbocycles. The highest BCUT2D eigenvalue weighted by Crippen LogP contribution is 2.26. The summed E-state index contributed by atoms with van der Waals surface area (Å²) in [4.78, 5) is 34.4. The van der Waals surface area contributed by atoms with Gasteiger partial charge in [-0.15, -0.1) is 0 Å². The molecule has 0 bridgehead atoms. The Bertz CT molecular complexity index is 983. The highest BCUT2D eigenvalue weighted by Gasteiger charge is 2.19. The molecule has 1 N–H and O–H groups in total. The third-order valence-corrected chi connectivity index (χ3v) is 4.55. The SMILES string of the molecule is CN(C)c1nc(N2CCCC2)ncc1NC(=O)c1ccc2nccnc2c1. The Kier molecular flexibility index (Phi) is 4.53. The van der Waals surface area contributed by atoms with Crippen LogP contribution in [0.15, 0.2) is 36.8 Å². The maximum atomic E-state index is 12.7. The summed E-state index contributed by atoms with van der Waals surface area (Å²) in [5.41, 5.74) is 2.52. The first-order valence-electron chi connectivity index (χ1n) is 8.93. The Morgan fingerprint density at radius 3 is 2.56 bits per heavy atom. The smallest absolute Gasteiger partial charge is 0.255 e. The monoisotopic (exact) mass is 363 g/mol. The van der Waals surface area contributed by atoms with Gasteiger partial charge in [-0.2, -0.15) is 4.98 Å². The minimum absolute atomic E-state index is 0.233. The van der Waals surface area contributed by atoms with Gasteiger partial charge in [0.1, 0.15) is 5.69 Å². The third kappa shape index (κ3) is 3.51. The van der Waals surface area contributed by atoms with Crippen molar-refractivity contribution >= 4 is 34.4 Å². The fourth-order valence-electron chi connectivity index (χ4n) is 3.16. The van der Waals surface area contributed by atoms with Crippen molar-refractivity contribution < 1.29 is 4.79 Å². The molecule has 8 heteroatoms. The molecular formula is C19H21N7O. The summed E-state index contributed by atoms with van der Waals surface area (Å²) in [5, 5.41) is 2.92. The summed E-state index contributed by atoms with van der Waals surface area (Å²) in [6, 6.07) is 5.25. The molecule has 2 aromatic heterocycles. The number of hydrogen-bond donors (Lipinski definition) is 1. The van der Waals surface area contributed by atoms with E-state index in [9.17, 15) is 4.79 Å². The van der Waals surface area contributed by atoms with E-state index in [1.54, 1.807) is 36.8 Å². The lowest BCUT2D eigenvalue weighted by Gasteiger charge is -2.21. The first-order valence-corrected chi connectivity index (χ1v) is 8.93. The molecule has 3 heterocycles. The zero-order valence-electron chi connectivity index (χ0n) is 15.4. The van der Waals surface area contributed by atoms with Gasteiger partial charge in [-0.05, 0) is 31.0 Å². The lowest BCUT2D eigenvalue weighted by molar-refractivity contribution is 0.102. The number of carbonyl (C=O) groups is 1.